The molecule has 2 aliphatic heterocycles. The minimum atomic E-state index is 0.375. The molecule has 1 aromatic rings. The molecule has 4 nitrogen and oxygen atoms in total. The van der Waals surface area contributed by atoms with Crippen LogP contribution in [0.15, 0.2) is 36.2 Å². The molecule has 1 atom stereocenters. The molecular formula is C23H33N3O. The van der Waals surface area contributed by atoms with E-state index in [1.165, 1.54) is 62.8 Å². The van der Waals surface area contributed by atoms with Crippen molar-refractivity contribution in [2.24, 2.45) is 11.8 Å². The van der Waals surface area contributed by atoms with E-state index >= 15 is 0 Å². The first-order valence-electron chi connectivity index (χ1n) is 10.8. The van der Waals surface area contributed by atoms with Crippen LogP contribution in [-0.4, -0.2) is 46.9 Å². The molecule has 0 radical (unpaired) electrons. The lowest BCUT2D eigenvalue weighted by molar-refractivity contribution is -0.129. The lowest BCUT2D eigenvalue weighted by Crippen LogP contribution is -2.37. The monoisotopic (exact) mass is 367 g/mol. The van der Waals surface area contributed by atoms with E-state index in [0.29, 0.717) is 12.3 Å². The third kappa shape index (κ3) is 4.98. The highest BCUT2D eigenvalue weighted by Crippen LogP contribution is 2.33. The highest BCUT2D eigenvalue weighted by molar-refractivity contribution is 5.79. The minimum absolute atomic E-state index is 0.375. The molecule has 0 spiro atoms. The summed E-state index contributed by atoms with van der Waals surface area (Å²) in [7, 11) is 0. The normalized spacial score (nSPS) is 24.8. The fraction of sp³-hybridized carbons (Fsp3) is 0.652. The molecule has 0 N–H and O–H groups in total. The van der Waals surface area contributed by atoms with Gasteiger partial charge in [-0.05, 0) is 81.5 Å². The minimum Gasteiger partial charge on any atom is -0.342 e. The van der Waals surface area contributed by atoms with Crippen molar-refractivity contribution in [3.05, 3.63) is 41.7 Å². The summed E-state index contributed by atoms with van der Waals surface area (Å²) in [4.78, 5) is 21.6. The Kier molecular flexibility index (Phi) is 6.23. The maximum absolute atomic E-state index is 12.7. The maximum atomic E-state index is 12.7. The quantitative estimate of drug-likeness (QED) is 0.737. The smallest absolute Gasteiger partial charge is 0.226 e. The Bertz CT molecular complexity index is 649. The Morgan fingerprint density at radius 1 is 1.11 bits per heavy atom. The van der Waals surface area contributed by atoms with E-state index < -0.39 is 0 Å². The van der Waals surface area contributed by atoms with Gasteiger partial charge in [0.2, 0.25) is 5.91 Å². The highest BCUT2D eigenvalue weighted by Gasteiger charge is 2.33. The van der Waals surface area contributed by atoms with Gasteiger partial charge in [0.15, 0.2) is 0 Å². The van der Waals surface area contributed by atoms with Gasteiger partial charge in [0.1, 0.15) is 0 Å². The van der Waals surface area contributed by atoms with E-state index in [1.807, 2.05) is 18.5 Å². The first-order valence-corrected chi connectivity index (χ1v) is 10.8. The predicted molar refractivity (Wildman–Crippen MR) is 108 cm³/mol. The highest BCUT2D eigenvalue weighted by atomic mass is 16.2. The molecule has 0 saturated carbocycles. The summed E-state index contributed by atoms with van der Waals surface area (Å²) >= 11 is 0. The first-order chi connectivity index (χ1) is 13.3. The topological polar surface area (TPSA) is 36.4 Å². The summed E-state index contributed by atoms with van der Waals surface area (Å²) in [5.41, 5.74) is 2.70. The second-order valence-electron chi connectivity index (χ2n) is 8.65. The molecule has 0 aromatic carbocycles. The van der Waals surface area contributed by atoms with Gasteiger partial charge in [0, 0.05) is 38.4 Å². The van der Waals surface area contributed by atoms with Crippen molar-refractivity contribution in [3.8, 4) is 0 Å². The van der Waals surface area contributed by atoms with Crippen LogP contribution in [0.4, 0.5) is 0 Å². The third-order valence-electron chi connectivity index (χ3n) is 6.77. The van der Waals surface area contributed by atoms with Gasteiger partial charge in [0.25, 0.3) is 0 Å². The molecule has 27 heavy (non-hydrogen) atoms. The summed E-state index contributed by atoms with van der Waals surface area (Å²) < 4.78 is 0. The van der Waals surface area contributed by atoms with Crippen LogP contribution in [0.3, 0.4) is 0 Å². The van der Waals surface area contributed by atoms with E-state index in [4.69, 9.17) is 0 Å². The van der Waals surface area contributed by atoms with Crippen LogP contribution in [0.5, 0.6) is 0 Å². The number of carbonyl (C=O) groups excluding carboxylic acids is 1. The van der Waals surface area contributed by atoms with Crippen molar-refractivity contribution in [2.45, 2.75) is 57.9 Å². The summed E-state index contributed by atoms with van der Waals surface area (Å²) in [6.07, 6.45) is 15.4. The Morgan fingerprint density at radius 3 is 2.70 bits per heavy atom. The molecule has 0 unspecified atom stereocenters. The largest absolute Gasteiger partial charge is 0.342 e. The Balaban J connectivity index is 1.21. The molecular weight excluding hydrogens is 334 g/mol. The van der Waals surface area contributed by atoms with Gasteiger partial charge in [-0.15, -0.1) is 0 Å². The maximum Gasteiger partial charge on any atom is 0.226 e. The summed E-state index contributed by atoms with van der Waals surface area (Å²) in [6, 6.07) is 4.19. The lowest BCUT2D eigenvalue weighted by Gasteiger charge is -2.34. The van der Waals surface area contributed by atoms with Crippen LogP contribution < -0.4 is 0 Å². The second kappa shape index (κ2) is 9.01. The number of piperidine rings is 1. The number of allylic oxidation sites excluding steroid dienone is 1. The standard InChI is InChI=1S/C23H33N3O/c27-23(15-19-5-2-1-3-6-19)26-14-10-22(18-26)21-8-12-25(13-9-21)17-20-7-4-11-24-16-20/h4-5,7,11,16,21-22H,1-3,6,8-10,12-15,17-18H2/t22-/m0/s1. The van der Waals surface area contributed by atoms with Crippen LogP contribution in [-0.2, 0) is 11.3 Å². The van der Waals surface area contributed by atoms with Gasteiger partial charge < -0.3 is 4.90 Å². The lowest BCUT2D eigenvalue weighted by atomic mass is 9.83. The Hall–Kier alpha value is -1.68. The van der Waals surface area contributed by atoms with Gasteiger partial charge in [-0.25, -0.2) is 0 Å². The predicted octanol–water partition coefficient (Wildman–Crippen LogP) is 4.03. The van der Waals surface area contributed by atoms with Crippen molar-refractivity contribution < 1.29 is 4.79 Å². The zero-order chi connectivity index (χ0) is 18.5. The number of rotatable bonds is 5. The number of aromatic nitrogens is 1. The fourth-order valence-corrected chi connectivity index (χ4v) is 5.10. The number of hydrogen-bond donors (Lipinski definition) is 0. The molecule has 0 bridgehead atoms. The van der Waals surface area contributed by atoms with Crippen LogP contribution in [0.25, 0.3) is 0 Å². The fourth-order valence-electron chi connectivity index (χ4n) is 5.10. The van der Waals surface area contributed by atoms with Gasteiger partial charge in [-0.1, -0.05) is 17.7 Å². The Morgan fingerprint density at radius 2 is 1.96 bits per heavy atom. The average molecular weight is 368 g/mol. The number of hydrogen-bond acceptors (Lipinski definition) is 3. The molecule has 3 aliphatic rings. The molecule has 4 heteroatoms. The number of nitrogens with zero attached hydrogens (tertiary/aromatic N) is 3. The van der Waals surface area contributed by atoms with E-state index in [-0.39, 0.29) is 0 Å². The van der Waals surface area contributed by atoms with Crippen molar-refractivity contribution in [1.29, 1.82) is 0 Å². The molecule has 1 aliphatic carbocycles. The van der Waals surface area contributed by atoms with Crippen molar-refractivity contribution in [3.63, 3.8) is 0 Å². The molecule has 1 amide bonds. The SMILES string of the molecule is O=C(CC1=CCCCC1)N1CC[C@H](C2CCN(Cc3cccnc3)CC2)C1. The van der Waals surface area contributed by atoms with Crippen LogP contribution in [0.1, 0.15) is 56.9 Å². The van der Waals surface area contributed by atoms with E-state index in [0.717, 1.165) is 37.9 Å². The third-order valence-corrected chi connectivity index (χ3v) is 6.77. The van der Waals surface area contributed by atoms with Gasteiger partial charge in [-0.2, -0.15) is 0 Å². The number of likely N-dealkylation sites (tertiary alicyclic amines) is 2. The average Bonchev–Trinajstić information content (AvgIpc) is 3.21. The zero-order valence-electron chi connectivity index (χ0n) is 16.5. The first kappa shape index (κ1) is 18.7. The molecule has 4 rings (SSSR count). The summed E-state index contributed by atoms with van der Waals surface area (Å²) in [5.74, 6) is 1.89. The Labute approximate surface area is 163 Å². The second-order valence-corrected chi connectivity index (χ2v) is 8.65. The van der Waals surface area contributed by atoms with E-state index in [1.54, 1.807) is 0 Å². The number of pyridine rings is 1. The summed E-state index contributed by atoms with van der Waals surface area (Å²) in [5, 5.41) is 0. The van der Waals surface area contributed by atoms with Crippen molar-refractivity contribution >= 4 is 5.91 Å². The van der Waals surface area contributed by atoms with Crippen LogP contribution in [0, 0.1) is 11.8 Å². The summed E-state index contributed by atoms with van der Waals surface area (Å²) in [6.45, 7) is 5.35. The molecule has 1 aromatic heterocycles. The molecule has 2 saturated heterocycles. The molecule has 2 fully saturated rings. The van der Waals surface area contributed by atoms with Crippen molar-refractivity contribution in [1.82, 2.24) is 14.8 Å². The van der Waals surface area contributed by atoms with E-state index in [2.05, 4.69) is 26.9 Å². The van der Waals surface area contributed by atoms with Crippen LogP contribution in [0.2, 0.25) is 0 Å². The van der Waals surface area contributed by atoms with Gasteiger partial charge in [0.05, 0.1) is 0 Å². The van der Waals surface area contributed by atoms with E-state index in [9.17, 15) is 4.79 Å². The van der Waals surface area contributed by atoms with Crippen molar-refractivity contribution in [2.75, 3.05) is 26.2 Å². The molecule has 146 valence electrons. The van der Waals surface area contributed by atoms with Gasteiger partial charge >= 0.3 is 0 Å². The van der Waals surface area contributed by atoms with Crippen LogP contribution >= 0.6 is 0 Å². The number of carbonyl (C=O) groups is 1. The number of amides is 1. The van der Waals surface area contributed by atoms with Gasteiger partial charge in [-0.3, -0.25) is 14.7 Å². The molecule has 3 heterocycles. The zero-order valence-corrected chi connectivity index (χ0v) is 16.5.